The van der Waals surface area contributed by atoms with Gasteiger partial charge in [0.05, 0.1) is 0 Å². The van der Waals surface area contributed by atoms with E-state index in [9.17, 15) is 0 Å². The molecule has 5 aromatic carbocycles. The maximum Gasteiger partial charge on any atom is -0.00133 e. The van der Waals surface area contributed by atoms with Gasteiger partial charge in [0.25, 0.3) is 0 Å². The fraction of sp³-hybridized carbons (Fsp3) is 0.0741. The van der Waals surface area contributed by atoms with E-state index in [0.717, 1.165) is 29.6 Å². The van der Waals surface area contributed by atoms with Crippen molar-refractivity contribution in [1.82, 2.24) is 0 Å². The van der Waals surface area contributed by atoms with Crippen LogP contribution in [0.15, 0.2) is 212 Å². The van der Waals surface area contributed by atoms with Crippen LogP contribution in [0.4, 0.5) is 0 Å². The number of allylic oxidation sites excluding steroid dienone is 17. The third kappa shape index (κ3) is 7.80. The number of fused-ring (bicyclic) bond motifs is 4. The second-order valence-electron chi connectivity index (χ2n) is 13.7. The van der Waals surface area contributed by atoms with Crippen molar-refractivity contribution < 1.29 is 0 Å². The Morgan fingerprint density at radius 1 is 0.537 bits per heavy atom. The molecule has 0 atom stereocenters. The van der Waals surface area contributed by atoms with Gasteiger partial charge in [-0.05, 0) is 122 Å². The van der Waals surface area contributed by atoms with Crippen LogP contribution in [0.25, 0.3) is 45.1 Å². The molecule has 0 fully saturated rings. The van der Waals surface area contributed by atoms with Gasteiger partial charge in [0.1, 0.15) is 0 Å². The Balaban J connectivity index is 1.24. The van der Waals surface area contributed by atoms with Crippen LogP contribution in [-0.4, -0.2) is 0 Å². The van der Waals surface area contributed by atoms with Crippen LogP contribution in [0.3, 0.4) is 0 Å². The highest BCUT2D eigenvalue weighted by molar-refractivity contribution is 5.97. The maximum absolute atomic E-state index is 4.61. The SMILES string of the molecule is C=C/C=C(\C=C1/CC(/C=C\C)=C(C=CC(=C)c2ccc3c(c2)-c2ccccc2C(/C=C/c2ccccc2)=C(/C=C\C)C3)c2ccccc21)c1ccccc1. The number of hydrogen-bond acceptors (Lipinski definition) is 0. The second kappa shape index (κ2) is 16.9. The molecule has 0 radical (unpaired) electrons. The van der Waals surface area contributed by atoms with Gasteiger partial charge in [-0.25, -0.2) is 0 Å². The monoisotopic (exact) mass is 694 g/mol. The molecule has 2 aliphatic carbocycles. The summed E-state index contributed by atoms with van der Waals surface area (Å²) in [5, 5.41) is 0. The zero-order valence-corrected chi connectivity index (χ0v) is 31.3. The van der Waals surface area contributed by atoms with E-state index in [-0.39, 0.29) is 0 Å². The first-order chi connectivity index (χ1) is 26.6. The van der Waals surface area contributed by atoms with Gasteiger partial charge >= 0.3 is 0 Å². The molecular weight excluding hydrogens is 649 g/mol. The lowest BCUT2D eigenvalue weighted by atomic mass is 9.80. The predicted octanol–water partition coefficient (Wildman–Crippen LogP) is 14.6. The summed E-state index contributed by atoms with van der Waals surface area (Å²) < 4.78 is 0. The summed E-state index contributed by atoms with van der Waals surface area (Å²) in [6, 6.07) is 45.5. The zero-order chi connectivity index (χ0) is 37.3. The van der Waals surface area contributed by atoms with Crippen LogP contribution in [0.5, 0.6) is 0 Å². The van der Waals surface area contributed by atoms with Gasteiger partial charge < -0.3 is 0 Å². The van der Waals surface area contributed by atoms with E-state index >= 15 is 0 Å². The molecule has 0 saturated heterocycles. The smallest absolute Gasteiger partial charge is 0.00133 e. The van der Waals surface area contributed by atoms with Gasteiger partial charge in [-0.1, -0.05) is 201 Å². The van der Waals surface area contributed by atoms with Crippen LogP contribution < -0.4 is 0 Å². The normalized spacial score (nSPS) is 15.3. The molecule has 0 amide bonds. The molecule has 0 N–H and O–H groups in total. The van der Waals surface area contributed by atoms with E-state index in [4.69, 9.17) is 0 Å². The highest BCUT2D eigenvalue weighted by Gasteiger charge is 2.22. The standard InChI is InChI=1S/C54H46/c1-5-18-43(41-23-12-9-13-24-41)35-47-37-45(20-7-3)49(51-26-15-14-25-48(47)51)33-29-39(4)42-31-32-46-36-44(19-6-2)50(34-30-40-21-10-8-11-22-40)52-27-16-17-28-53(52)54(46)38-42/h5-35,38H,1,4,36-37H2,2-3H3/b19-6-,20-7-,33-29?,34-30+,43-18+,47-35+. The van der Waals surface area contributed by atoms with Gasteiger partial charge in [-0.15, -0.1) is 0 Å². The first-order valence-electron chi connectivity index (χ1n) is 18.8. The summed E-state index contributed by atoms with van der Waals surface area (Å²) >= 11 is 0. The Morgan fingerprint density at radius 2 is 1.13 bits per heavy atom. The summed E-state index contributed by atoms with van der Waals surface area (Å²) in [6.07, 6.45) is 25.8. The van der Waals surface area contributed by atoms with Crippen molar-refractivity contribution >= 4 is 33.9 Å². The quantitative estimate of drug-likeness (QED) is 0.128. The molecule has 0 heteroatoms. The highest BCUT2D eigenvalue weighted by Crippen LogP contribution is 2.43. The molecule has 0 bridgehead atoms. The van der Waals surface area contributed by atoms with Crippen molar-refractivity contribution in [3.05, 3.63) is 251 Å². The van der Waals surface area contributed by atoms with E-state index in [1.807, 2.05) is 6.08 Å². The second-order valence-corrected chi connectivity index (χ2v) is 13.7. The third-order valence-corrected chi connectivity index (χ3v) is 10.2. The van der Waals surface area contributed by atoms with E-state index in [0.29, 0.717) is 0 Å². The van der Waals surface area contributed by atoms with Crippen LogP contribution in [0, 0.1) is 0 Å². The molecule has 7 rings (SSSR count). The Kier molecular flexibility index (Phi) is 11.2. The minimum absolute atomic E-state index is 0.826. The fourth-order valence-electron chi connectivity index (χ4n) is 7.59. The van der Waals surface area contributed by atoms with E-state index in [1.54, 1.807) is 0 Å². The lowest BCUT2D eigenvalue weighted by molar-refractivity contribution is 1.21. The van der Waals surface area contributed by atoms with Crippen molar-refractivity contribution in [1.29, 1.82) is 0 Å². The van der Waals surface area contributed by atoms with Gasteiger partial charge in [-0.3, -0.25) is 0 Å². The molecule has 0 unspecified atom stereocenters. The summed E-state index contributed by atoms with van der Waals surface area (Å²) in [5.74, 6) is 0. The molecule has 0 saturated carbocycles. The third-order valence-electron chi connectivity index (χ3n) is 10.2. The minimum Gasteiger partial charge on any atom is -0.0990 e. The van der Waals surface area contributed by atoms with Crippen LogP contribution in [0.1, 0.15) is 59.2 Å². The average molecular weight is 695 g/mol. The molecule has 0 heterocycles. The van der Waals surface area contributed by atoms with Crippen LogP contribution >= 0.6 is 0 Å². The number of hydrogen-bond donors (Lipinski definition) is 0. The molecule has 262 valence electrons. The first-order valence-corrected chi connectivity index (χ1v) is 18.8. The maximum atomic E-state index is 4.61. The largest absolute Gasteiger partial charge is 0.0990 e. The van der Waals surface area contributed by atoms with Crippen molar-refractivity contribution in [2.24, 2.45) is 0 Å². The molecule has 5 aromatic rings. The Bertz CT molecular complexity index is 2450. The zero-order valence-electron chi connectivity index (χ0n) is 31.3. The van der Waals surface area contributed by atoms with Gasteiger partial charge in [-0.2, -0.15) is 0 Å². The Hall–Kier alpha value is -6.50. The summed E-state index contributed by atoms with van der Waals surface area (Å²) in [6.45, 7) is 12.8. The molecule has 0 aliphatic heterocycles. The van der Waals surface area contributed by atoms with Crippen molar-refractivity contribution in [2.45, 2.75) is 26.7 Å². The van der Waals surface area contributed by atoms with Crippen molar-refractivity contribution in [3.8, 4) is 11.1 Å². The van der Waals surface area contributed by atoms with Gasteiger partial charge in [0, 0.05) is 0 Å². The average Bonchev–Trinajstić information content (AvgIpc) is 3.34. The lowest BCUT2D eigenvalue weighted by Gasteiger charge is -2.24. The fourth-order valence-corrected chi connectivity index (χ4v) is 7.59. The predicted molar refractivity (Wildman–Crippen MR) is 236 cm³/mol. The van der Waals surface area contributed by atoms with E-state index in [1.165, 1.54) is 72.4 Å². The van der Waals surface area contributed by atoms with Crippen LogP contribution in [-0.2, 0) is 6.42 Å². The number of benzene rings is 5. The molecular formula is C54H46. The molecule has 0 aromatic heterocycles. The van der Waals surface area contributed by atoms with E-state index in [2.05, 4.69) is 215 Å². The summed E-state index contributed by atoms with van der Waals surface area (Å²) in [4.78, 5) is 0. The van der Waals surface area contributed by atoms with Gasteiger partial charge in [0.15, 0.2) is 0 Å². The molecule has 0 spiro atoms. The first kappa shape index (κ1) is 35.9. The minimum atomic E-state index is 0.826. The van der Waals surface area contributed by atoms with Crippen molar-refractivity contribution in [3.63, 3.8) is 0 Å². The summed E-state index contributed by atoms with van der Waals surface area (Å²) in [7, 11) is 0. The molecule has 2 aliphatic rings. The summed E-state index contributed by atoms with van der Waals surface area (Å²) in [5.41, 5.74) is 19.6. The van der Waals surface area contributed by atoms with Crippen LogP contribution in [0.2, 0.25) is 0 Å². The molecule has 0 nitrogen and oxygen atoms in total. The number of rotatable bonds is 10. The Labute approximate surface area is 322 Å². The Morgan fingerprint density at radius 3 is 1.81 bits per heavy atom. The molecule has 54 heavy (non-hydrogen) atoms. The highest BCUT2D eigenvalue weighted by atomic mass is 14.3. The lowest BCUT2D eigenvalue weighted by Crippen LogP contribution is -2.03. The van der Waals surface area contributed by atoms with E-state index < -0.39 is 0 Å². The van der Waals surface area contributed by atoms with Gasteiger partial charge in [0.2, 0.25) is 0 Å². The van der Waals surface area contributed by atoms with Crippen molar-refractivity contribution in [2.75, 3.05) is 0 Å². The topological polar surface area (TPSA) is 0 Å².